The molecule has 1 aliphatic heterocycles. The smallest absolute Gasteiger partial charge is 0.296 e. The minimum Gasteiger partial charge on any atom is -0.319 e. The van der Waals surface area contributed by atoms with Crippen LogP contribution in [-0.4, -0.2) is 11.7 Å². The molecule has 0 saturated carbocycles. The number of amides is 1. The molecule has 1 fully saturated rings. The third kappa shape index (κ3) is 1.20. The molecule has 1 amide bonds. The van der Waals surface area contributed by atoms with Crippen molar-refractivity contribution >= 4 is 11.7 Å². The van der Waals surface area contributed by atoms with Crippen molar-refractivity contribution < 1.29 is 14.0 Å². The summed E-state index contributed by atoms with van der Waals surface area (Å²) in [5, 5.41) is 2.37. The minimum absolute atomic E-state index is 0.122. The molecule has 0 aromatic carbocycles. The lowest BCUT2D eigenvalue weighted by molar-refractivity contribution is -0.133. The number of hydrogen-bond donors (Lipinski definition) is 1. The molecule has 0 spiro atoms. The van der Waals surface area contributed by atoms with Gasteiger partial charge in [0.05, 0.1) is 5.57 Å². The second-order valence-electron chi connectivity index (χ2n) is 2.78. The summed E-state index contributed by atoms with van der Waals surface area (Å²) in [7, 11) is 0. The Labute approximate surface area is 73.6 Å². The summed E-state index contributed by atoms with van der Waals surface area (Å²) in [4.78, 5) is 22.0. The van der Waals surface area contributed by atoms with Gasteiger partial charge in [-0.15, -0.1) is 0 Å². The SMILES string of the molecule is O=C1NC2=CCC=C(F)C=C2C1=O. The summed E-state index contributed by atoms with van der Waals surface area (Å²) in [6.45, 7) is 0. The van der Waals surface area contributed by atoms with Crippen LogP contribution in [0.5, 0.6) is 0 Å². The van der Waals surface area contributed by atoms with Crippen molar-refractivity contribution in [3.8, 4) is 0 Å². The van der Waals surface area contributed by atoms with Crippen LogP contribution in [0.3, 0.4) is 0 Å². The molecular formula is C9H6FNO2. The fraction of sp³-hybridized carbons (Fsp3) is 0.111. The van der Waals surface area contributed by atoms with Crippen molar-refractivity contribution in [2.75, 3.05) is 0 Å². The molecule has 1 heterocycles. The zero-order valence-corrected chi connectivity index (χ0v) is 6.63. The van der Waals surface area contributed by atoms with Crippen molar-refractivity contribution in [3.63, 3.8) is 0 Å². The van der Waals surface area contributed by atoms with Crippen molar-refractivity contribution in [1.29, 1.82) is 0 Å². The molecule has 0 atom stereocenters. The molecule has 66 valence electrons. The Balaban J connectivity index is 2.51. The number of ketones is 1. The van der Waals surface area contributed by atoms with E-state index >= 15 is 0 Å². The lowest BCUT2D eigenvalue weighted by Crippen LogP contribution is -2.17. The summed E-state index contributed by atoms with van der Waals surface area (Å²) in [5.41, 5.74) is 0.537. The second kappa shape index (κ2) is 2.65. The largest absolute Gasteiger partial charge is 0.319 e. The predicted molar refractivity (Wildman–Crippen MR) is 43.1 cm³/mol. The summed E-state index contributed by atoms with van der Waals surface area (Å²) < 4.78 is 12.8. The highest BCUT2D eigenvalue weighted by atomic mass is 19.1. The number of Topliss-reactive ketones (excluding diaryl/α,β-unsaturated/α-hetero) is 1. The number of allylic oxidation sites excluding steroid dienone is 5. The van der Waals surface area contributed by atoms with Gasteiger partial charge < -0.3 is 5.32 Å². The Hall–Kier alpha value is -1.71. The number of rotatable bonds is 0. The normalized spacial score (nSPS) is 21.2. The molecule has 1 saturated heterocycles. The van der Waals surface area contributed by atoms with Crippen LogP contribution in [0.15, 0.2) is 35.3 Å². The third-order valence-corrected chi connectivity index (χ3v) is 1.91. The van der Waals surface area contributed by atoms with Crippen LogP contribution >= 0.6 is 0 Å². The van der Waals surface area contributed by atoms with E-state index in [2.05, 4.69) is 5.32 Å². The summed E-state index contributed by atoms with van der Waals surface area (Å²) in [5.74, 6) is -1.84. The first-order valence-corrected chi connectivity index (χ1v) is 3.82. The van der Waals surface area contributed by atoms with Crippen LogP contribution in [0.1, 0.15) is 6.42 Å². The zero-order valence-electron chi connectivity index (χ0n) is 6.63. The number of fused-ring (bicyclic) bond motifs is 1. The number of halogens is 1. The molecule has 4 heteroatoms. The Morgan fingerprint density at radius 3 is 2.85 bits per heavy atom. The molecule has 0 unspecified atom stereocenters. The zero-order chi connectivity index (χ0) is 9.42. The van der Waals surface area contributed by atoms with Gasteiger partial charge in [0, 0.05) is 5.70 Å². The summed E-state index contributed by atoms with van der Waals surface area (Å²) >= 11 is 0. The highest BCUT2D eigenvalue weighted by Gasteiger charge is 2.31. The quantitative estimate of drug-likeness (QED) is 0.558. The Bertz CT molecular complexity index is 390. The third-order valence-electron chi connectivity index (χ3n) is 1.91. The molecule has 0 radical (unpaired) electrons. The average molecular weight is 179 g/mol. The standard InChI is InChI=1S/C9H6FNO2/c10-5-2-1-3-7-6(4-5)8(12)9(13)11-7/h2-4H,1H2,(H,11,13). The van der Waals surface area contributed by atoms with Crippen LogP contribution < -0.4 is 5.32 Å². The summed E-state index contributed by atoms with van der Waals surface area (Å²) in [6, 6.07) is 0. The van der Waals surface area contributed by atoms with E-state index in [0.29, 0.717) is 12.1 Å². The Morgan fingerprint density at radius 2 is 2.08 bits per heavy atom. The van der Waals surface area contributed by atoms with Gasteiger partial charge in [-0.1, -0.05) is 6.08 Å². The van der Waals surface area contributed by atoms with Crippen molar-refractivity contribution in [1.82, 2.24) is 5.32 Å². The van der Waals surface area contributed by atoms with E-state index in [1.807, 2.05) is 0 Å². The van der Waals surface area contributed by atoms with E-state index in [0.717, 1.165) is 6.08 Å². The molecule has 13 heavy (non-hydrogen) atoms. The van der Waals surface area contributed by atoms with Crippen LogP contribution in [0, 0.1) is 0 Å². The highest BCUT2D eigenvalue weighted by Crippen LogP contribution is 2.22. The maximum absolute atomic E-state index is 12.8. The van der Waals surface area contributed by atoms with Gasteiger partial charge in [-0.3, -0.25) is 9.59 Å². The molecule has 1 aliphatic carbocycles. The van der Waals surface area contributed by atoms with Gasteiger partial charge in [-0.25, -0.2) is 4.39 Å². The lowest BCUT2D eigenvalue weighted by atomic mass is 10.1. The fourth-order valence-electron chi connectivity index (χ4n) is 1.28. The fourth-order valence-corrected chi connectivity index (χ4v) is 1.28. The minimum atomic E-state index is -0.688. The summed E-state index contributed by atoms with van der Waals surface area (Å²) in [6.07, 6.45) is 4.42. The molecule has 0 aromatic rings. The second-order valence-corrected chi connectivity index (χ2v) is 2.78. The topological polar surface area (TPSA) is 46.2 Å². The molecule has 2 rings (SSSR count). The van der Waals surface area contributed by atoms with E-state index in [9.17, 15) is 14.0 Å². The molecule has 2 aliphatic rings. The molecule has 0 bridgehead atoms. The molecule has 3 nitrogen and oxygen atoms in total. The van der Waals surface area contributed by atoms with Gasteiger partial charge in [0.2, 0.25) is 0 Å². The van der Waals surface area contributed by atoms with E-state index in [1.54, 1.807) is 6.08 Å². The van der Waals surface area contributed by atoms with Gasteiger partial charge in [-0.2, -0.15) is 0 Å². The van der Waals surface area contributed by atoms with E-state index in [1.165, 1.54) is 6.08 Å². The first-order chi connectivity index (χ1) is 6.18. The number of carbonyl (C=O) groups excluding carboxylic acids is 2. The van der Waals surface area contributed by atoms with Gasteiger partial charge in [0.25, 0.3) is 11.7 Å². The molecule has 1 N–H and O–H groups in total. The van der Waals surface area contributed by atoms with Gasteiger partial charge in [0.1, 0.15) is 5.83 Å². The van der Waals surface area contributed by atoms with Crippen LogP contribution in [0.25, 0.3) is 0 Å². The van der Waals surface area contributed by atoms with E-state index in [-0.39, 0.29) is 5.57 Å². The predicted octanol–water partition coefficient (Wildman–Crippen LogP) is 0.753. The number of carbonyl (C=O) groups is 2. The van der Waals surface area contributed by atoms with Gasteiger partial charge in [0.15, 0.2) is 0 Å². The van der Waals surface area contributed by atoms with Gasteiger partial charge in [-0.05, 0) is 18.6 Å². The average Bonchev–Trinajstić information content (AvgIpc) is 2.29. The van der Waals surface area contributed by atoms with Crippen LogP contribution in [0.4, 0.5) is 4.39 Å². The first kappa shape index (κ1) is 7.91. The van der Waals surface area contributed by atoms with Crippen molar-refractivity contribution in [2.24, 2.45) is 0 Å². The maximum Gasteiger partial charge on any atom is 0.296 e. The van der Waals surface area contributed by atoms with Crippen LogP contribution in [0.2, 0.25) is 0 Å². The van der Waals surface area contributed by atoms with E-state index < -0.39 is 17.5 Å². The lowest BCUT2D eigenvalue weighted by Gasteiger charge is -1.93. The van der Waals surface area contributed by atoms with E-state index in [4.69, 9.17) is 0 Å². The number of nitrogens with one attached hydrogen (secondary N) is 1. The molecular weight excluding hydrogens is 173 g/mol. The van der Waals surface area contributed by atoms with Crippen molar-refractivity contribution in [2.45, 2.75) is 6.42 Å². The first-order valence-electron chi connectivity index (χ1n) is 3.82. The maximum atomic E-state index is 12.8. The monoisotopic (exact) mass is 179 g/mol. The Kier molecular flexibility index (Phi) is 1.62. The highest BCUT2D eigenvalue weighted by molar-refractivity contribution is 6.47. The number of hydrogen-bond acceptors (Lipinski definition) is 2. The Morgan fingerprint density at radius 1 is 1.31 bits per heavy atom. The van der Waals surface area contributed by atoms with Crippen molar-refractivity contribution in [3.05, 3.63) is 35.3 Å². The molecule has 0 aromatic heterocycles. The van der Waals surface area contributed by atoms with Crippen LogP contribution in [-0.2, 0) is 9.59 Å². The van der Waals surface area contributed by atoms with Gasteiger partial charge >= 0.3 is 0 Å².